The zero-order valence-electron chi connectivity index (χ0n) is 10.1. The predicted octanol–water partition coefficient (Wildman–Crippen LogP) is 3.58. The lowest BCUT2D eigenvalue weighted by atomic mass is 9.80. The van der Waals surface area contributed by atoms with Crippen LogP contribution in [0, 0.1) is 11.3 Å². The Morgan fingerprint density at radius 1 is 1.15 bits per heavy atom. The molecule has 0 aromatic heterocycles. The first kappa shape index (κ1) is 13.0. The van der Waals surface area contributed by atoms with Crippen LogP contribution in [-0.4, -0.2) is 6.04 Å². The molecule has 0 heterocycles. The standard InChI is InChI=1S/C12H27N/c1-6-12(4,5)11(13)9-7-8-10(2)3/h10-11H,6-9,13H2,1-5H3. The summed E-state index contributed by atoms with van der Waals surface area (Å²) in [5.41, 5.74) is 6.46. The first-order chi connectivity index (χ1) is 5.90. The Bertz CT molecular complexity index is 127. The molecule has 0 aromatic carbocycles. The summed E-state index contributed by atoms with van der Waals surface area (Å²) in [6.07, 6.45) is 4.95. The summed E-state index contributed by atoms with van der Waals surface area (Å²) in [5.74, 6) is 0.817. The van der Waals surface area contributed by atoms with Gasteiger partial charge in [-0.15, -0.1) is 0 Å². The van der Waals surface area contributed by atoms with E-state index in [1.54, 1.807) is 0 Å². The van der Waals surface area contributed by atoms with E-state index in [-0.39, 0.29) is 0 Å². The van der Waals surface area contributed by atoms with Gasteiger partial charge >= 0.3 is 0 Å². The minimum atomic E-state index is 0.316. The van der Waals surface area contributed by atoms with Crippen molar-refractivity contribution in [3.63, 3.8) is 0 Å². The van der Waals surface area contributed by atoms with Crippen molar-refractivity contribution in [2.75, 3.05) is 0 Å². The molecule has 1 heteroatoms. The molecule has 1 nitrogen and oxygen atoms in total. The van der Waals surface area contributed by atoms with Crippen molar-refractivity contribution in [2.45, 2.75) is 66.3 Å². The highest BCUT2D eigenvalue weighted by Crippen LogP contribution is 2.26. The molecule has 0 aliphatic heterocycles. The largest absolute Gasteiger partial charge is 0.327 e. The molecule has 80 valence electrons. The molecule has 0 bridgehead atoms. The highest BCUT2D eigenvalue weighted by molar-refractivity contribution is 4.79. The number of rotatable bonds is 6. The summed E-state index contributed by atoms with van der Waals surface area (Å²) < 4.78 is 0. The van der Waals surface area contributed by atoms with E-state index < -0.39 is 0 Å². The molecule has 0 saturated carbocycles. The van der Waals surface area contributed by atoms with Crippen LogP contribution in [0.15, 0.2) is 0 Å². The second-order valence-corrected chi connectivity index (χ2v) is 5.27. The maximum Gasteiger partial charge on any atom is 0.00901 e. The van der Waals surface area contributed by atoms with Crippen LogP contribution in [0.1, 0.15) is 60.3 Å². The topological polar surface area (TPSA) is 26.0 Å². The van der Waals surface area contributed by atoms with E-state index in [9.17, 15) is 0 Å². The van der Waals surface area contributed by atoms with Gasteiger partial charge in [-0.2, -0.15) is 0 Å². The fourth-order valence-electron chi connectivity index (χ4n) is 1.40. The van der Waals surface area contributed by atoms with Gasteiger partial charge in [-0.25, -0.2) is 0 Å². The lowest BCUT2D eigenvalue weighted by Crippen LogP contribution is -2.36. The van der Waals surface area contributed by atoms with E-state index in [0.717, 1.165) is 5.92 Å². The summed E-state index contributed by atoms with van der Waals surface area (Å²) in [6, 6.07) is 0.372. The second-order valence-electron chi connectivity index (χ2n) is 5.27. The molecule has 1 atom stereocenters. The van der Waals surface area contributed by atoms with Crippen molar-refractivity contribution < 1.29 is 0 Å². The minimum absolute atomic E-state index is 0.316. The minimum Gasteiger partial charge on any atom is -0.327 e. The monoisotopic (exact) mass is 185 g/mol. The van der Waals surface area contributed by atoms with E-state index in [4.69, 9.17) is 5.73 Å². The lowest BCUT2D eigenvalue weighted by molar-refractivity contribution is 0.255. The van der Waals surface area contributed by atoms with E-state index >= 15 is 0 Å². The average molecular weight is 185 g/mol. The highest BCUT2D eigenvalue weighted by Gasteiger charge is 2.23. The molecular formula is C12H27N. The molecule has 13 heavy (non-hydrogen) atoms. The van der Waals surface area contributed by atoms with E-state index in [1.165, 1.54) is 25.7 Å². The SMILES string of the molecule is CCC(C)(C)C(N)CCCC(C)C. The Hall–Kier alpha value is -0.0400. The maximum absolute atomic E-state index is 6.15. The van der Waals surface area contributed by atoms with Crippen LogP contribution in [0.2, 0.25) is 0 Å². The number of nitrogens with two attached hydrogens (primary N) is 1. The maximum atomic E-state index is 6.15. The van der Waals surface area contributed by atoms with Gasteiger partial charge in [0.25, 0.3) is 0 Å². The molecule has 0 aliphatic carbocycles. The van der Waals surface area contributed by atoms with Gasteiger partial charge in [0.1, 0.15) is 0 Å². The van der Waals surface area contributed by atoms with E-state index in [1.807, 2.05) is 0 Å². The van der Waals surface area contributed by atoms with Gasteiger partial charge in [-0.1, -0.05) is 47.5 Å². The third-order valence-electron chi connectivity index (χ3n) is 3.21. The molecular weight excluding hydrogens is 158 g/mol. The van der Waals surface area contributed by atoms with Gasteiger partial charge in [-0.05, 0) is 24.2 Å². The molecule has 0 amide bonds. The summed E-state index contributed by atoms with van der Waals surface area (Å²) in [6.45, 7) is 11.3. The van der Waals surface area contributed by atoms with Crippen LogP contribution in [0.25, 0.3) is 0 Å². The van der Waals surface area contributed by atoms with Crippen molar-refractivity contribution in [3.05, 3.63) is 0 Å². The molecule has 0 spiro atoms. The van der Waals surface area contributed by atoms with Crippen molar-refractivity contribution in [1.29, 1.82) is 0 Å². The van der Waals surface area contributed by atoms with Crippen LogP contribution < -0.4 is 5.73 Å². The third-order valence-corrected chi connectivity index (χ3v) is 3.21. The van der Waals surface area contributed by atoms with Crippen molar-refractivity contribution in [1.82, 2.24) is 0 Å². The number of hydrogen-bond donors (Lipinski definition) is 1. The van der Waals surface area contributed by atoms with Crippen LogP contribution in [0.3, 0.4) is 0 Å². The van der Waals surface area contributed by atoms with E-state index in [2.05, 4.69) is 34.6 Å². The number of hydrogen-bond acceptors (Lipinski definition) is 1. The van der Waals surface area contributed by atoms with E-state index in [0.29, 0.717) is 11.5 Å². The first-order valence-electron chi connectivity index (χ1n) is 5.65. The average Bonchev–Trinajstić information content (AvgIpc) is 2.03. The van der Waals surface area contributed by atoms with Gasteiger partial charge in [0.15, 0.2) is 0 Å². The zero-order chi connectivity index (χ0) is 10.5. The fourth-order valence-corrected chi connectivity index (χ4v) is 1.40. The molecule has 0 aromatic rings. The van der Waals surface area contributed by atoms with Crippen LogP contribution in [0.5, 0.6) is 0 Å². The molecule has 0 saturated heterocycles. The van der Waals surface area contributed by atoms with Gasteiger partial charge in [-0.3, -0.25) is 0 Å². The normalized spacial score (nSPS) is 15.0. The summed E-state index contributed by atoms with van der Waals surface area (Å²) in [7, 11) is 0. The Morgan fingerprint density at radius 3 is 2.08 bits per heavy atom. The van der Waals surface area contributed by atoms with Crippen LogP contribution >= 0.6 is 0 Å². The Kier molecular flexibility index (Phi) is 5.62. The highest BCUT2D eigenvalue weighted by atomic mass is 14.7. The zero-order valence-corrected chi connectivity index (χ0v) is 10.1. The lowest BCUT2D eigenvalue weighted by Gasteiger charge is -2.30. The summed E-state index contributed by atoms with van der Waals surface area (Å²) in [4.78, 5) is 0. The Balaban J connectivity index is 3.68. The molecule has 0 fully saturated rings. The first-order valence-corrected chi connectivity index (χ1v) is 5.65. The van der Waals surface area contributed by atoms with Crippen LogP contribution in [0.4, 0.5) is 0 Å². The third kappa shape index (κ3) is 5.30. The summed E-state index contributed by atoms with van der Waals surface area (Å²) >= 11 is 0. The van der Waals surface area contributed by atoms with Gasteiger partial charge < -0.3 is 5.73 Å². The van der Waals surface area contributed by atoms with Crippen molar-refractivity contribution >= 4 is 0 Å². The summed E-state index contributed by atoms with van der Waals surface area (Å²) in [5, 5.41) is 0. The van der Waals surface area contributed by atoms with Gasteiger partial charge in [0.2, 0.25) is 0 Å². The van der Waals surface area contributed by atoms with Gasteiger partial charge in [0, 0.05) is 6.04 Å². The molecule has 1 unspecified atom stereocenters. The second kappa shape index (κ2) is 5.64. The fraction of sp³-hybridized carbons (Fsp3) is 1.00. The Labute approximate surface area is 84.1 Å². The quantitative estimate of drug-likeness (QED) is 0.672. The Morgan fingerprint density at radius 2 is 1.69 bits per heavy atom. The van der Waals surface area contributed by atoms with Crippen molar-refractivity contribution in [2.24, 2.45) is 17.1 Å². The predicted molar refractivity (Wildman–Crippen MR) is 60.7 cm³/mol. The molecule has 0 radical (unpaired) electrons. The van der Waals surface area contributed by atoms with Crippen molar-refractivity contribution in [3.8, 4) is 0 Å². The molecule has 2 N–H and O–H groups in total. The van der Waals surface area contributed by atoms with Gasteiger partial charge in [0.05, 0.1) is 0 Å². The molecule has 0 aliphatic rings. The van der Waals surface area contributed by atoms with Crippen LogP contribution in [-0.2, 0) is 0 Å². The molecule has 0 rings (SSSR count). The smallest absolute Gasteiger partial charge is 0.00901 e.